The van der Waals surface area contributed by atoms with Gasteiger partial charge in [-0.05, 0) is 60.4 Å². The molecular weight excluding hydrogens is 386 g/mol. The number of benzene rings is 2. The molecule has 1 aromatic heterocycles. The molecule has 1 amide bonds. The number of tetrazole rings is 1. The van der Waals surface area contributed by atoms with Crippen LogP contribution in [0.1, 0.15) is 23.6 Å². The van der Waals surface area contributed by atoms with Crippen LogP contribution >= 0.6 is 11.8 Å². The zero-order valence-corrected chi connectivity index (χ0v) is 17.4. The fourth-order valence-corrected chi connectivity index (χ4v) is 3.57. The summed E-state index contributed by atoms with van der Waals surface area (Å²) in [5, 5.41) is 15.2. The van der Waals surface area contributed by atoms with Crippen LogP contribution < -0.4 is 5.32 Å². The number of thioether (sulfide) groups is 1. The molecule has 0 fully saturated rings. The number of nitrogens with zero attached hydrogens (tertiary/aromatic N) is 4. The molecule has 150 valence electrons. The largest absolute Gasteiger partial charge is 0.345 e. The predicted octanol–water partition coefficient (Wildman–Crippen LogP) is 2.69. The molecule has 3 aromatic rings. The van der Waals surface area contributed by atoms with Gasteiger partial charge in [-0.2, -0.15) is 4.68 Å². The number of aromatic nitrogens is 4. The maximum absolute atomic E-state index is 12.5. The normalized spacial score (nSPS) is 11.8. The van der Waals surface area contributed by atoms with Crippen molar-refractivity contribution in [1.82, 2.24) is 25.5 Å². The van der Waals surface area contributed by atoms with Crippen LogP contribution in [0.2, 0.25) is 0 Å². The fraction of sp³-hybridized carbons (Fsp3) is 0.286. The van der Waals surface area contributed by atoms with E-state index in [0.29, 0.717) is 11.6 Å². The molecule has 0 spiro atoms. The molecule has 0 saturated heterocycles. The van der Waals surface area contributed by atoms with Gasteiger partial charge >= 0.3 is 0 Å². The maximum atomic E-state index is 12.5. The lowest BCUT2D eigenvalue weighted by Gasteiger charge is -2.16. The Morgan fingerprint density at radius 2 is 1.90 bits per heavy atom. The number of hydrogen-bond donors (Lipinski definition) is 1. The van der Waals surface area contributed by atoms with Crippen LogP contribution in [0.3, 0.4) is 0 Å². The van der Waals surface area contributed by atoms with E-state index < -0.39 is 6.04 Å². The van der Waals surface area contributed by atoms with Gasteiger partial charge < -0.3 is 5.32 Å². The van der Waals surface area contributed by atoms with E-state index >= 15 is 0 Å². The van der Waals surface area contributed by atoms with E-state index in [1.807, 2.05) is 62.4 Å². The van der Waals surface area contributed by atoms with Gasteiger partial charge in [-0.3, -0.25) is 9.59 Å². The molecule has 1 atom stereocenters. The van der Waals surface area contributed by atoms with Gasteiger partial charge in [0.05, 0.1) is 17.5 Å². The Hall–Kier alpha value is -3.00. The lowest BCUT2D eigenvalue weighted by atomic mass is 10.0. The van der Waals surface area contributed by atoms with Gasteiger partial charge in [0.15, 0.2) is 5.78 Å². The van der Waals surface area contributed by atoms with Gasteiger partial charge in [0, 0.05) is 0 Å². The molecule has 0 bridgehead atoms. The van der Waals surface area contributed by atoms with Gasteiger partial charge in [0.25, 0.3) is 0 Å². The van der Waals surface area contributed by atoms with Crippen LogP contribution in [-0.4, -0.2) is 43.7 Å². The monoisotopic (exact) mass is 409 g/mol. The highest BCUT2D eigenvalue weighted by Gasteiger charge is 2.19. The molecule has 0 radical (unpaired) electrons. The first kappa shape index (κ1) is 20.7. The molecule has 1 heterocycles. The Morgan fingerprint density at radius 1 is 1.14 bits per heavy atom. The minimum absolute atomic E-state index is 0.0765. The van der Waals surface area contributed by atoms with Crippen molar-refractivity contribution in [3.05, 3.63) is 65.2 Å². The summed E-state index contributed by atoms with van der Waals surface area (Å²) in [7, 11) is 0. The van der Waals surface area contributed by atoms with Gasteiger partial charge in [0.2, 0.25) is 11.1 Å². The molecule has 3 rings (SSSR count). The second-order valence-electron chi connectivity index (χ2n) is 6.87. The van der Waals surface area contributed by atoms with Crippen molar-refractivity contribution in [1.29, 1.82) is 0 Å². The van der Waals surface area contributed by atoms with Crippen LogP contribution in [0, 0.1) is 13.8 Å². The van der Waals surface area contributed by atoms with E-state index in [4.69, 9.17) is 0 Å². The quantitative estimate of drug-likeness (QED) is 0.576. The zero-order chi connectivity index (χ0) is 20.8. The van der Waals surface area contributed by atoms with Crippen molar-refractivity contribution >= 4 is 23.5 Å². The summed E-state index contributed by atoms with van der Waals surface area (Å²) in [4.78, 5) is 24.4. The number of nitrogens with one attached hydrogen (secondary N) is 1. The first-order valence-electron chi connectivity index (χ1n) is 9.26. The number of ketones is 1. The summed E-state index contributed by atoms with van der Waals surface area (Å²) < 4.78 is 1.63. The topological polar surface area (TPSA) is 89.8 Å². The highest BCUT2D eigenvalue weighted by molar-refractivity contribution is 7.99. The minimum Gasteiger partial charge on any atom is -0.345 e. The molecule has 0 aliphatic heterocycles. The molecule has 29 heavy (non-hydrogen) atoms. The van der Waals surface area contributed by atoms with E-state index in [-0.39, 0.29) is 17.4 Å². The lowest BCUT2D eigenvalue weighted by Crippen LogP contribution is -2.42. The van der Waals surface area contributed by atoms with E-state index in [1.54, 1.807) is 4.68 Å². The van der Waals surface area contributed by atoms with E-state index in [9.17, 15) is 9.59 Å². The SMILES string of the molecule is CC(=O)[C@H](Cc1ccccc1)NC(=O)CSc1nnnn1-c1cc(C)ccc1C. The number of aryl methyl sites for hydroxylation is 2. The average molecular weight is 410 g/mol. The number of hydrogen-bond acceptors (Lipinski definition) is 6. The fourth-order valence-electron chi connectivity index (χ4n) is 2.88. The van der Waals surface area contributed by atoms with Crippen molar-refractivity contribution in [2.24, 2.45) is 0 Å². The number of rotatable bonds is 8. The molecule has 8 heteroatoms. The van der Waals surface area contributed by atoms with Gasteiger partial charge in [-0.1, -0.05) is 54.2 Å². The summed E-state index contributed by atoms with van der Waals surface area (Å²) in [6, 6.07) is 15.1. The number of carbonyl (C=O) groups is 2. The summed E-state index contributed by atoms with van der Waals surface area (Å²) >= 11 is 1.23. The molecule has 0 saturated carbocycles. The molecule has 0 aliphatic carbocycles. The molecular formula is C21H23N5O2S. The summed E-state index contributed by atoms with van der Waals surface area (Å²) in [5.74, 6) is -0.196. The summed E-state index contributed by atoms with van der Waals surface area (Å²) in [6.07, 6.45) is 0.465. The van der Waals surface area contributed by atoms with Crippen LogP contribution in [0.25, 0.3) is 5.69 Å². The Kier molecular flexibility index (Phi) is 6.77. The second-order valence-corrected chi connectivity index (χ2v) is 7.81. The Bertz CT molecular complexity index is 1000. The van der Waals surface area contributed by atoms with Crippen molar-refractivity contribution in [3.63, 3.8) is 0 Å². The standard InChI is InChI=1S/C21H23N5O2S/c1-14-9-10-15(2)19(11-14)26-21(23-24-25-26)29-13-20(28)22-18(16(3)27)12-17-7-5-4-6-8-17/h4-11,18H,12-13H2,1-3H3,(H,22,28)/t18-/m0/s1. The van der Waals surface area contributed by atoms with Crippen LogP contribution in [-0.2, 0) is 16.0 Å². The third-order valence-corrected chi connectivity index (χ3v) is 5.39. The van der Waals surface area contributed by atoms with Crippen molar-refractivity contribution in [2.75, 3.05) is 5.75 Å². The predicted molar refractivity (Wildman–Crippen MR) is 112 cm³/mol. The van der Waals surface area contributed by atoms with Crippen LogP contribution in [0.5, 0.6) is 0 Å². The average Bonchev–Trinajstić information content (AvgIpc) is 3.17. The maximum Gasteiger partial charge on any atom is 0.231 e. The van der Waals surface area contributed by atoms with Crippen molar-refractivity contribution < 1.29 is 9.59 Å². The molecule has 7 nitrogen and oxygen atoms in total. The smallest absolute Gasteiger partial charge is 0.231 e. The molecule has 2 aromatic carbocycles. The third-order valence-electron chi connectivity index (χ3n) is 4.47. The third kappa shape index (κ3) is 5.51. The van der Waals surface area contributed by atoms with Gasteiger partial charge in [-0.15, -0.1) is 5.10 Å². The molecule has 0 unspecified atom stereocenters. The highest BCUT2D eigenvalue weighted by Crippen LogP contribution is 2.21. The van der Waals surface area contributed by atoms with Crippen molar-refractivity contribution in [2.45, 2.75) is 38.4 Å². The molecule has 0 aliphatic rings. The number of carbonyl (C=O) groups excluding carboxylic acids is 2. The van der Waals surface area contributed by atoms with E-state index in [1.165, 1.54) is 18.7 Å². The lowest BCUT2D eigenvalue weighted by molar-refractivity contribution is -0.125. The second kappa shape index (κ2) is 9.47. The van der Waals surface area contributed by atoms with Gasteiger partial charge in [0.1, 0.15) is 0 Å². The van der Waals surface area contributed by atoms with E-state index in [2.05, 4.69) is 20.8 Å². The van der Waals surface area contributed by atoms with Gasteiger partial charge in [-0.25, -0.2) is 0 Å². The Labute approximate surface area is 173 Å². The first-order chi connectivity index (χ1) is 13.9. The Balaban J connectivity index is 1.64. The van der Waals surface area contributed by atoms with Crippen molar-refractivity contribution in [3.8, 4) is 5.69 Å². The minimum atomic E-state index is -0.555. The zero-order valence-electron chi connectivity index (χ0n) is 16.6. The summed E-state index contributed by atoms with van der Waals surface area (Å²) in [5.41, 5.74) is 4.01. The van der Waals surface area contributed by atoms with E-state index in [0.717, 1.165) is 22.4 Å². The first-order valence-corrected chi connectivity index (χ1v) is 10.2. The number of Topliss-reactive ketones (excluding diaryl/α,β-unsaturated/α-hetero) is 1. The van der Waals surface area contributed by atoms with Crippen LogP contribution in [0.4, 0.5) is 0 Å². The molecule has 1 N–H and O–H groups in total. The highest BCUT2D eigenvalue weighted by atomic mass is 32.2. The summed E-state index contributed by atoms with van der Waals surface area (Å²) in [6.45, 7) is 5.48. The number of amides is 1. The van der Waals surface area contributed by atoms with Crippen LogP contribution in [0.15, 0.2) is 53.7 Å². The Morgan fingerprint density at radius 3 is 2.62 bits per heavy atom.